The Labute approximate surface area is 188 Å². The fourth-order valence-corrected chi connectivity index (χ4v) is 4.21. The number of pyridine rings is 1. The second kappa shape index (κ2) is 9.09. The van der Waals surface area contributed by atoms with Gasteiger partial charge in [-0.3, -0.25) is 4.79 Å². The summed E-state index contributed by atoms with van der Waals surface area (Å²) in [6, 6.07) is 9.60. The highest BCUT2D eigenvalue weighted by Crippen LogP contribution is 2.32. The number of halogens is 2. The predicted molar refractivity (Wildman–Crippen MR) is 118 cm³/mol. The molecule has 0 aliphatic carbocycles. The van der Waals surface area contributed by atoms with Crippen LogP contribution in [-0.4, -0.2) is 44.4 Å². The van der Waals surface area contributed by atoms with Gasteiger partial charge in [-0.05, 0) is 59.5 Å². The first-order chi connectivity index (χ1) is 14.9. The van der Waals surface area contributed by atoms with Gasteiger partial charge >= 0.3 is 0 Å². The molecule has 3 atom stereocenters. The second-order valence-electron chi connectivity index (χ2n) is 7.74. The highest BCUT2D eigenvalue weighted by Gasteiger charge is 2.39. The molecule has 160 valence electrons. The molecular formula is C23H22BrFN4O2. The smallest absolute Gasteiger partial charge is 0.255 e. The summed E-state index contributed by atoms with van der Waals surface area (Å²) in [6.07, 6.45) is 5.24. The van der Waals surface area contributed by atoms with Gasteiger partial charge in [0.25, 0.3) is 5.91 Å². The Balaban J connectivity index is 1.63. The van der Waals surface area contributed by atoms with Crippen LogP contribution in [0.3, 0.4) is 0 Å². The van der Waals surface area contributed by atoms with Gasteiger partial charge in [-0.25, -0.2) is 19.3 Å². The van der Waals surface area contributed by atoms with E-state index in [0.717, 1.165) is 10.9 Å². The molecule has 1 fully saturated rings. The van der Waals surface area contributed by atoms with Crippen molar-refractivity contribution in [2.24, 2.45) is 5.92 Å². The molecule has 0 saturated carbocycles. The van der Waals surface area contributed by atoms with Gasteiger partial charge in [-0.1, -0.05) is 13.0 Å². The number of carbonyl (C=O) groups is 1. The van der Waals surface area contributed by atoms with Crippen LogP contribution in [-0.2, 0) is 0 Å². The maximum Gasteiger partial charge on any atom is 0.255 e. The SMILES string of the molecule is CC1CC(C(C)Oc2ccc(Br)cn2)N(C(=O)c2cccc(F)c2-c2ncccn2)C1. The summed E-state index contributed by atoms with van der Waals surface area (Å²) in [4.78, 5) is 27.9. The second-order valence-corrected chi connectivity index (χ2v) is 8.65. The quantitative estimate of drug-likeness (QED) is 0.522. The molecule has 4 rings (SSSR count). The Morgan fingerprint density at radius 3 is 2.68 bits per heavy atom. The van der Waals surface area contributed by atoms with Crippen LogP contribution in [0.2, 0.25) is 0 Å². The largest absolute Gasteiger partial charge is 0.472 e. The lowest BCUT2D eigenvalue weighted by Crippen LogP contribution is -2.44. The molecule has 1 amide bonds. The fraction of sp³-hybridized carbons (Fsp3) is 0.304. The highest BCUT2D eigenvalue weighted by atomic mass is 79.9. The number of hydrogen-bond acceptors (Lipinski definition) is 5. The maximum atomic E-state index is 14.7. The molecule has 31 heavy (non-hydrogen) atoms. The molecule has 0 bridgehead atoms. The Kier molecular flexibility index (Phi) is 6.27. The summed E-state index contributed by atoms with van der Waals surface area (Å²) >= 11 is 3.36. The summed E-state index contributed by atoms with van der Waals surface area (Å²) in [6.45, 7) is 4.59. The van der Waals surface area contributed by atoms with E-state index in [1.807, 2.05) is 13.0 Å². The lowest BCUT2D eigenvalue weighted by molar-refractivity contribution is 0.0580. The van der Waals surface area contributed by atoms with Gasteiger partial charge in [0.1, 0.15) is 11.9 Å². The van der Waals surface area contributed by atoms with E-state index in [-0.39, 0.29) is 35.0 Å². The Morgan fingerprint density at radius 2 is 1.97 bits per heavy atom. The predicted octanol–water partition coefficient (Wildman–Crippen LogP) is 4.76. The summed E-state index contributed by atoms with van der Waals surface area (Å²) < 4.78 is 21.6. The molecule has 0 radical (unpaired) electrons. The van der Waals surface area contributed by atoms with Crippen LogP contribution in [0, 0.1) is 11.7 Å². The number of aromatic nitrogens is 3. The first-order valence-corrected chi connectivity index (χ1v) is 10.9. The topological polar surface area (TPSA) is 68.2 Å². The average molecular weight is 485 g/mol. The first-order valence-electron chi connectivity index (χ1n) is 10.1. The lowest BCUT2D eigenvalue weighted by atomic mass is 10.0. The number of hydrogen-bond donors (Lipinski definition) is 0. The van der Waals surface area contributed by atoms with Crippen molar-refractivity contribution in [2.75, 3.05) is 6.54 Å². The van der Waals surface area contributed by atoms with Gasteiger partial charge in [0.2, 0.25) is 5.88 Å². The van der Waals surface area contributed by atoms with E-state index in [0.29, 0.717) is 18.3 Å². The Morgan fingerprint density at radius 1 is 1.19 bits per heavy atom. The molecule has 3 heterocycles. The molecule has 6 nitrogen and oxygen atoms in total. The highest BCUT2D eigenvalue weighted by molar-refractivity contribution is 9.10. The number of rotatable bonds is 5. The van der Waals surface area contributed by atoms with Crippen molar-refractivity contribution >= 4 is 21.8 Å². The average Bonchev–Trinajstić information content (AvgIpc) is 3.17. The zero-order valence-electron chi connectivity index (χ0n) is 17.2. The van der Waals surface area contributed by atoms with Crippen LogP contribution in [0.4, 0.5) is 4.39 Å². The molecule has 0 spiro atoms. The summed E-state index contributed by atoms with van der Waals surface area (Å²) in [5.74, 6) is 0.200. The van der Waals surface area contributed by atoms with Crippen LogP contribution < -0.4 is 4.74 Å². The molecule has 0 N–H and O–H groups in total. The third kappa shape index (κ3) is 4.58. The molecular weight excluding hydrogens is 463 g/mol. The zero-order valence-corrected chi connectivity index (χ0v) is 18.8. The van der Waals surface area contributed by atoms with Crippen molar-refractivity contribution in [1.29, 1.82) is 0 Å². The molecule has 1 aromatic carbocycles. The minimum atomic E-state index is -0.524. The minimum absolute atomic E-state index is 0.120. The van der Waals surface area contributed by atoms with Crippen LogP contribution in [0.1, 0.15) is 30.6 Å². The third-order valence-electron chi connectivity index (χ3n) is 5.40. The van der Waals surface area contributed by atoms with Crippen LogP contribution in [0.5, 0.6) is 5.88 Å². The normalized spacial score (nSPS) is 19.3. The van der Waals surface area contributed by atoms with Gasteiger partial charge in [0.05, 0.1) is 17.2 Å². The van der Waals surface area contributed by atoms with E-state index in [1.165, 1.54) is 24.5 Å². The molecule has 1 saturated heterocycles. The van der Waals surface area contributed by atoms with Gasteiger partial charge in [0, 0.05) is 35.7 Å². The fourth-order valence-electron chi connectivity index (χ4n) is 3.98. The molecule has 3 unspecified atom stereocenters. The van der Waals surface area contributed by atoms with Crippen LogP contribution in [0.25, 0.3) is 11.4 Å². The van der Waals surface area contributed by atoms with E-state index in [9.17, 15) is 9.18 Å². The van der Waals surface area contributed by atoms with Crippen molar-refractivity contribution in [3.05, 3.63) is 70.8 Å². The third-order valence-corrected chi connectivity index (χ3v) is 5.86. The maximum absolute atomic E-state index is 14.7. The number of amides is 1. The van der Waals surface area contributed by atoms with Gasteiger partial charge in [-0.15, -0.1) is 0 Å². The van der Waals surface area contributed by atoms with E-state index in [2.05, 4.69) is 37.8 Å². The molecule has 3 aromatic rings. The van der Waals surface area contributed by atoms with Gasteiger partial charge in [-0.2, -0.15) is 0 Å². The number of benzene rings is 1. The van der Waals surface area contributed by atoms with Gasteiger partial charge in [0.15, 0.2) is 5.82 Å². The minimum Gasteiger partial charge on any atom is -0.472 e. The Hall–Kier alpha value is -2.87. The van der Waals surface area contributed by atoms with Crippen molar-refractivity contribution in [2.45, 2.75) is 32.4 Å². The number of nitrogens with zero attached hydrogens (tertiary/aromatic N) is 4. The van der Waals surface area contributed by atoms with Crippen LogP contribution in [0.15, 0.2) is 59.5 Å². The standard InChI is InChI=1S/C23H22BrFN4O2/c1-14-11-19(15(2)31-20-8-7-16(24)12-28-20)29(13-14)23(30)17-5-3-6-18(25)21(17)22-26-9-4-10-27-22/h3-10,12,14-15,19H,11,13H2,1-2H3. The first kappa shape index (κ1) is 21.4. The van der Waals surface area contributed by atoms with E-state index in [4.69, 9.17) is 4.74 Å². The molecule has 2 aromatic heterocycles. The van der Waals surface area contributed by atoms with E-state index >= 15 is 0 Å². The molecule has 1 aliphatic rings. The molecule has 1 aliphatic heterocycles. The van der Waals surface area contributed by atoms with Crippen molar-refractivity contribution in [3.63, 3.8) is 0 Å². The lowest BCUT2D eigenvalue weighted by Gasteiger charge is -2.30. The Bertz CT molecular complexity index is 1060. The van der Waals surface area contributed by atoms with E-state index in [1.54, 1.807) is 29.3 Å². The number of likely N-dealkylation sites (tertiary alicyclic amines) is 1. The van der Waals surface area contributed by atoms with Crippen LogP contribution >= 0.6 is 15.9 Å². The summed E-state index contributed by atoms with van der Waals surface area (Å²) in [7, 11) is 0. The van der Waals surface area contributed by atoms with Gasteiger partial charge < -0.3 is 9.64 Å². The molecule has 8 heteroatoms. The summed E-state index contributed by atoms with van der Waals surface area (Å²) in [5.41, 5.74) is 0.369. The van der Waals surface area contributed by atoms with Crippen molar-refractivity contribution in [1.82, 2.24) is 19.9 Å². The number of carbonyl (C=O) groups excluding carboxylic acids is 1. The summed E-state index contributed by atoms with van der Waals surface area (Å²) in [5, 5.41) is 0. The van der Waals surface area contributed by atoms with Crippen molar-refractivity contribution < 1.29 is 13.9 Å². The van der Waals surface area contributed by atoms with Crippen molar-refractivity contribution in [3.8, 4) is 17.3 Å². The number of ether oxygens (including phenoxy) is 1. The zero-order chi connectivity index (χ0) is 22.0. The van der Waals surface area contributed by atoms with E-state index < -0.39 is 5.82 Å². The monoisotopic (exact) mass is 484 g/mol.